The molecule has 1 atom stereocenters. The van der Waals surface area contributed by atoms with Crippen molar-refractivity contribution in [2.75, 3.05) is 19.6 Å². The second kappa shape index (κ2) is 5.23. The first-order valence-corrected chi connectivity index (χ1v) is 6.20. The molecule has 0 spiro atoms. The molecule has 0 aliphatic carbocycles. The number of piperidine rings is 1. The number of amidine groups is 1. The van der Waals surface area contributed by atoms with Crippen LogP contribution in [0, 0.1) is 5.41 Å². The van der Waals surface area contributed by atoms with Crippen molar-refractivity contribution in [3.63, 3.8) is 0 Å². The van der Waals surface area contributed by atoms with E-state index in [0.29, 0.717) is 6.54 Å². The Kier molecular flexibility index (Phi) is 4.38. The molecule has 1 fully saturated rings. The Hall–Kier alpha value is -0.810. The second-order valence-corrected chi connectivity index (χ2v) is 6.00. The molecule has 1 heterocycles. The summed E-state index contributed by atoms with van der Waals surface area (Å²) in [6.45, 7) is 8.39. The molecule has 0 radical (unpaired) electrons. The Morgan fingerprint density at radius 3 is 2.71 bits per heavy atom. The van der Waals surface area contributed by atoms with Crippen LogP contribution in [0.3, 0.4) is 0 Å². The molecular formula is C12H25N3O2. The second-order valence-electron chi connectivity index (χ2n) is 6.00. The van der Waals surface area contributed by atoms with Crippen LogP contribution in [0.4, 0.5) is 0 Å². The monoisotopic (exact) mass is 243 g/mol. The van der Waals surface area contributed by atoms with Crippen molar-refractivity contribution >= 4 is 5.84 Å². The van der Waals surface area contributed by atoms with E-state index in [2.05, 4.69) is 10.1 Å². The summed E-state index contributed by atoms with van der Waals surface area (Å²) in [6, 6.07) is 0. The number of hydrogen-bond acceptors (Lipinski definition) is 4. The van der Waals surface area contributed by atoms with E-state index in [-0.39, 0.29) is 11.3 Å². The van der Waals surface area contributed by atoms with Gasteiger partial charge >= 0.3 is 0 Å². The number of nitrogens with two attached hydrogens (primary N) is 1. The Morgan fingerprint density at radius 2 is 2.18 bits per heavy atom. The van der Waals surface area contributed by atoms with E-state index in [4.69, 9.17) is 10.9 Å². The molecule has 0 aromatic heterocycles. The maximum Gasteiger partial charge on any atom is 0.144 e. The van der Waals surface area contributed by atoms with Crippen LogP contribution < -0.4 is 5.73 Å². The number of β-amino-alcohol motifs (C(OH)–C–C–N with tert-alkyl or cyclic N) is 1. The molecule has 0 aromatic rings. The van der Waals surface area contributed by atoms with Crippen molar-refractivity contribution in [1.82, 2.24) is 4.90 Å². The smallest absolute Gasteiger partial charge is 0.144 e. The summed E-state index contributed by atoms with van der Waals surface area (Å²) in [7, 11) is 0. The molecular weight excluding hydrogens is 218 g/mol. The minimum absolute atomic E-state index is 0.265. The lowest BCUT2D eigenvalue weighted by molar-refractivity contribution is -0.0172. The molecule has 100 valence electrons. The van der Waals surface area contributed by atoms with Crippen LogP contribution in [0.2, 0.25) is 0 Å². The van der Waals surface area contributed by atoms with Gasteiger partial charge in [-0.2, -0.15) is 0 Å². The quantitative estimate of drug-likeness (QED) is 0.298. The standard InChI is InChI=1S/C12H25N3O2/c1-11(2,10(13)14-17)6-8-15-7-4-5-12(3,16)9-15/h16-17H,4-9H2,1-3H3,(H2,13,14). The first kappa shape index (κ1) is 14.3. The Labute approximate surface area is 103 Å². The Balaban J connectivity index is 2.45. The predicted octanol–water partition coefficient (Wildman–Crippen LogP) is 0.996. The third kappa shape index (κ3) is 4.16. The molecule has 5 heteroatoms. The topological polar surface area (TPSA) is 82.1 Å². The van der Waals surface area contributed by atoms with Gasteiger partial charge in [-0.1, -0.05) is 19.0 Å². The summed E-state index contributed by atoms with van der Waals surface area (Å²) in [4.78, 5) is 2.25. The van der Waals surface area contributed by atoms with Gasteiger partial charge in [0, 0.05) is 12.0 Å². The molecule has 0 bridgehead atoms. The molecule has 1 rings (SSSR count). The van der Waals surface area contributed by atoms with E-state index in [1.165, 1.54) is 0 Å². The van der Waals surface area contributed by atoms with E-state index in [0.717, 1.165) is 32.4 Å². The molecule has 1 aliphatic rings. The SMILES string of the molecule is CC1(O)CCCN(CCC(C)(C)C(N)=NO)C1. The fraction of sp³-hybridized carbons (Fsp3) is 0.917. The number of oxime groups is 1. The number of rotatable bonds is 4. The first-order chi connectivity index (χ1) is 7.77. The highest BCUT2D eigenvalue weighted by molar-refractivity contribution is 5.85. The predicted molar refractivity (Wildman–Crippen MR) is 68.1 cm³/mol. The van der Waals surface area contributed by atoms with Crippen LogP contribution in [0.1, 0.15) is 40.0 Å². The van der Waals surface area contributed by atoms with Crippen molar-refractivity contribution in [3.8, 4) is 0 Å². The molecule has 1 unspecified atom stereocenters. The normalized spacial score (nSPS) is 28.4. The number of hydrogen-bond donors (Lipinski definition) is 3. The summed E-state index contributed by atoms with van der Waals surface area (Å²) in [6.07, 6.45) is 2.71. The summed E-state index contributed by atoms with van der Waals surface area (Å²) in [5.74, 6) is 0.265. The van der Waals surface area contributed by atoms with Gasteiger partial charge < -0.3 is 20.9 Å². The van der Waals surface area contributed by atoms with E-state index < -0.39 is 5.60 Å². The van der Waals surface area contributed by atoms with Crippen LogP contribution in [0.5, 0.6) is 0 Å². The lowest BCUT2D eigenvalue weighted by Gasteiger charge is -2.38. The maximum absolute atomic E-state index is 10.00. The first-order valence-electron chi connectivity index (χ1n) is 6.20. The average Bonchev–Trinajstić information content (AvgIpc) is 2.24. The minimum atomic E-state index is -0.570. The maximum atomic E-state index is 10.00. The molecule has 0 amide bonds. The van der Waals surface area contributed by atoms with E-state index in [1.54, 1.807) is 0 Å². The largest absolute Gasteiger partial charge is 0.409 e. The number of likely N-dealkylation sites (tertiary alicyclic amines) is 1. The van der Waals surface area contributed by atoms with Gasteiger partial charge in [0.15, 0.2) is 0 Å². The summed E-state index contributed by atoms with van der Waals surface area (Å²) in [5, 5.41) is 21.8. The molecule has 0 aromatic carbocycles. The van der Waals surface area contributed by atoms with Gasteiger partial charge in [-0.3, -0.25) is 0 Å². The van der Waals surface area contributed by atoms with Crippen LogP contribution in [-0.2, 0) is 0 Å². The van der Waals surface area contributed by atoms with Crippen molar-refractivity contribution in [3.05, 3.63) is 0 Å². The number of nitrogens with zero attached hydrogens (tertiary/aromatic N) is 2. The summed E-state index contributed by atoms with van der Waals surface area (Å²) in [5.41, 5.74) is 4.77. The highest BCUT2D eigenvalue weighted by Crippen LogP contribution is 2.24. The highest BCUT2D eigenvalue weighted by Gasteiger charge is 2.30. The molecule has 4 N–H and O–H groups in total. The molecule has 1 saturated heterocycles. The van der Waals surface area contributed by atoms with Crippen molar-refractivity contribution in [2.24, 2.45) is 16.3 Å². The van der Waals surface area contributed by atoms with Crippen molar-refractivity contribution in [1.29, 1.82) is 0 Å². The lowest BCUT2D eigenvalue weighted by atomic mass is 9.87. The van der Waals surface area contributed by atoms with Gasteiger partial charge in [-0.15, -0.1) is 0 Å². The number of aliphatic hydroxyl groups is 1. The molecule has 17 heavy (non-hydrogen) atoms. The fourth-order valence-electron chi connectivity index (χ4n) is 2.22. The van der Waals surface area contributed by atoms with Crippen LogP contribution in [0.15, 0.2) is 5.16 Å². The zero-order chi connectivity index (χ0) is 13.1. The average molecular weight is 243 g/mol. The Morgan fingerprint density at radius 1 is 1.53 bits per heavy atom. The zero-order valence-electron chi connectivity index (χ0n) is 11.1. The zero-order valence-corrected chi connectivity index (χ0v) is 11.1. The summed E-state index contributed by atoms with van der Waals surface area (Å²) >= 11 is 0. The van der Waals surface area contributed by atoms with Gasteiger partial charge in [0.2, 0.25) is 0 Å². The molecule has 0 saturated carbocycles. The van der Waals surface area contributed by atoms with E-state index in [9.17, 15) is 5.11 Å². The van der Waals surface area contributed by atoms with Gasteiger partial charge in [0.25, 0.3) is 0 Å². The van der Waals surface area contributed by atoms with Crippen LogP contribution in [-0.4, -0.2) is 46.3 Å². The van der Waals surface area contributed by atoms with Crippen LogP contribution >= 0.6 is 0 Å². The fourth-order valence-corrected chi connectivity index (χ4v) is 2.22. The van der Waals surface area contributed by atoms with Gasteiger partial charge in [0.1, 0.15) is 5.84 Å². The van der Waals surface area contributed by atoms with E-state index >= 15 is 0 Å². The van der Waals surface area contributed by atoms with E-state index in [1.807, 2.05) is 20.8 Å². The highest BCUT2D eigenvalue weighted by atomic mass is 16.4. The van der Waals surface area contributed by atoms with Crippen LogP contribution in [0.25, 0.3) is 0 Å². The van der Waals surface area contributed by atoms with Gasteiger partial charge in [0.05, 0.1) is 5.60 Å². The lowest BCUT2D eigenvalue weighted by Crippen LogP contribution is -2.47. The third-order valence-electron chi connectivity index (χ3n) is 3.61. The summed E-state index contributed by atoms with van der Waals surface area (Å²) < 4.78 is 0. The van der Waals surface area contributed by atoms with Gasteiger partial charge in [-0.05, 0) is 39.3 Å². The van der Waals surface area contributed by atoms with Crippen molar-refractivity contribution < 1.29 is 10.3 Å². The minimum Gasteiger partial charge on any atom is -0.409 e. The molecule has 5 nitrogen and oxygen atoms in total. The molecule has 1 aliphatic heterocycles. The van der Waals surface area contributed by atoms with Crippen molar-refractivity contribution in [2.45, 2.75) is 45.6 Å². The third-order valence-corrected chi connectivity index (χ3v) is 3.61. The van der Waals surface area contributed by atoms with Gasteiger partial charge in [-0.25, -0.2) is 0 Å². The Bertz CT molecular complexity index is 287.